The van der Waals surface area contributed by atoms with E-state index in [1.807, 2.05) is 0 Å². The monoisotopic (exact) mass is 177 g/mol. The first-order valence-electron chi connectivity index (χ1n) is 5.43. The SMILES string of the molecule is CC1=CC=C(C2CCNCC2)CC1. The Bertz CT molecular complexity index is 232. The van der Waals surface area contributed by atoms with Gasteiger partial charge in [0.25, 0.3) is 0 Å². The highest BCUT2D eigenvalue weighted by molar-refractivity contribution is 5.24. The van der Waals surface area contributed by atoms with Crippen LogP contribution in [0.5, 0.6) is 0 Å². The normalized spacial score (nSPS) is 25.3. The summed E-state index contributed by atoms with van der Waals surface area (Å²) < 4.78 is 0. The first-order valence-corrected chi connectivity index (χ1v) is 5.43. The van der Waals surface area contributed by atoms with Gasteiger partial charge in [-0.15, -0.1) is 0 Å². The van der Waals surface area contributed by atoms with Crippen molar-refractivity contribution in [3.05, 3.63) is 23.3 Å². The summed E-state index contributed by atoms with van der Waals surface area (Å²) in [4.78, 5) is 0. The van der Waals surface area contributed by atoms with Crippen LogP contribution >= 0.6 is 0 Å². The molecule has 0 atom stereocenters. The zero-order valence-corrected chi connectivity index (χ0v) is 8.47. The van der Waals surface area contributed by atoms with Crippen LogP contribution in [-0.2, 0) is 0 Å². The third-order valence-corrected chi connectivity index (χ3v) is 3.25. The predicted molar refractivity (Wildman–Crippen MR) is 56.7 cm³/mol. The zero-order chi connectivity index (χ0) is 9.10. The Morgan fingerprint density at radius 1 is 1.15 bits per heavy atom. The van der Waals surface area contributed by atoms with Crippen LogP contribution in [0.15, 0.2) is 23.3 Å². The fraction of sp³-hybridized carbons (Fsp3) is 0.667. The molecule has 0 aromatic carbocycles. The predicted octanol–water partition coefficient (Wildman–Crippen LogP) is 2.65. The van der Waals surface area contributed by atoms with Crippen molar-refractivity contribution in [2.75, 3.05) is 13.1 Å². The second-order valence-corrected chi connectivity index (χ2v) is 4.28. The van der Waals surface area contributed by atoms with Crippen molar-refractivity contribution in [3.63, 3.8) is 0 Å². The molecular weight excluding hydrogens is 158 g/mol. The van der Waals surface area contributed by atoms with E-state index >= 15 is 0 Å². The maximum absolute atomic E-state index is 3.42. The molecule has 1 saturated heterocycles. The number of rotatable bonds is 1. The van der Waals surface area contributed by atoms with Gasteiger partial charge in [0.1, 0.15) is 0 Å². The second-order valence-electron chi connectivity index (χ2n) is 4.28. The quantitative estimate of drug-likeness (QED) is 0.649. The van der Waals surface area contributed by atoms with E-state index < -0.39 is 0 Å². The molecule has 1 heteroatoms. The molecule has 1 aliphatic heterocycles. The van der Waals surface area contributed by atoms with E-state index in [9.17, 15) is 0 Å². The summed E-state index contributed by atoms with van der Waals surface area (Å²) in [5.74, 6) is 0.880. The van der Waals surface area contributed by atoms with Crippen molar-refractivity contribution in [2.45, 2.75) is 32.6 Å². The summed E-state index contributed by atoms with van der Waals surface area (Å²) in [7, 11) is 0. The summed E-state index contributed by atoms with van der Waals surface area (Å²) in [6, 6.07) is 0. The van der Waals surface area contributed by atoms with E-state index in [4.69, 9.17) is 0 Å². The van der Waals surface area contributed by atoms with Gasteiger partial charge in [0.2, 0.25) is 0 Å². The van der Waals surface area contributed by atoms with Crippen LogP contribution in [0.2, 0.25) is 0 Å². The molecule has 0 aromatic heterocycles. The Morgan fingerprint density at radius 3 is 2.54 bits per heavy atom. The maximum atomic E-state index is 3.42. The third kappa shape index (κ3) is 2.22. The second kappa shape index (κ2) is 4.10. The van der Waals surface area contributed by atoms with Gasteiger partial charge in [0.05, 0.1) is 0 Å². The largest absolute Gasteiger partial charge is 0.317 e. The Labute approximate surface area is 80.9 Å². The number of piperidine rings is 1. The van der Waals surface area contributed by atoms with Crippen molar-refractivity contribution in [1.29, 1.82) is 0 Å². The Hall–Kier alpha value is -0.560. The lowest BCUT2D eigenvalue weighted by molar-refractivity contribution is 0.410. The summed E-state index contributed by atoms with van der Waals surface area (Å²) >= 11 is 0. The van der Waals surface area contributed by atoms with Crippen LogP contribution in [0.25, 0.3) is 0 Å². The maximum Gasteiger partial charge on any atom is -0.00432 e. The Kier molecular flexibility index (Phi) is 2.84. The van der Waals surface area contributed by atoms with E-state index in [0.717, 1.165) is 5.92 Å². The molecule has 1 fully saturated rings. The summed E-state index contributed by atoms with van der Waals surface area (Å²) in [5, 5.41) is 3.42. The number of nitrogens with one attached hydrogen (secondary N) is 1. The highest BCUT2D eigenvalue weighted by Crippen LogP contribution is 2.29. The van der Waals surface area contributed by atoms with Gasteiger partial charge >= 0.3 is 0 Å². The minimum absolute atomic E-state index is 0.880. The lowest BCUT2D eigenvalue weighted by Crippen LogP contribution is -2.28. The van der Waals surface area contributed by atoms with Gasteiger partial charge in [-0.25, -0.2) is 0 Å². The molecule has 1 nitrogen and oxygen atoms in total. The van der Waals surface area contributed by atoms with Crippen LogP contribution < -0.4 is 5.32 Å². The van der Waals surface area contributed by atoms with Gasteiger partial charge in [-0.05, 0) is 51.6 Å². The number of allylic oxidation sites excluding steroid dienone is 4. The topological polar surface area (TPSA) is 12.0 Å². The van der Waals surface area contributed by atoms with Gasteiger partial charge < -0.3 is 5.32 Å². The molecule has 0 aromatic rings. The molecule has 1 heterocycles. The molecule has 0 bridgehead atoms. The lowest BCUT2D eigenvalue weighted by atomic mass is 9.84. The van der Waals surface area contributed by atoms with Crippen LogP contribution in [0.4, 0.5) is 0 Å². The smallest absolute Gasteiger partial charge is 0.00432 e. The molecule has 1 N–H and O–H groups in total. The van der Waals surface area contributed by atoms with Crippen LogP contribution in [0, 0.1) is 5.92 Å². The first kappa shape index (κ1) is 9.01. The fourth-order valence-electron chi connectivity index (χ4n) is 2.29. The van der Waals surface area contributed by atoms with Crippen molar-refractivity contribution in [3.8, 4) is 0 Å². The Morgan fingerprint density at radius 2 is 1.92 bits per heavy atom. The number of hydrogen-bond acceptors (Lipinski definition) is 1. The summed E-state index contributed by atoms with van der Waals surface area (Å²) in [6.45, 7) is 4.66. The highest BCUT2D eigenvalue weighted by Gasteiger charge is 2.17. The average molecular weight is 177 g/mol. The summed E-state index contributed by atoms with van der Waals surface area (Å²) in [5.41, 5.74) is 3.24. The lowest BCUT2D eigenvalue weighted by Gasteiger charge is -2.26. The minimum atomic E-state index is 0.880. The summed E-state index contributed by atoms with van der Waals surface area (Å²) in [6.07, 6.45) is 9.97. The van der Waals surface area contributed by atoms with Crippen molar-refractivity contribution >= 4 is 0 Å². The first-order chi connectivity index (χ1) is 6.36. The average Bonchev–Trinajstić information content (AvgIpc) is 2.20. The Balaban J connectivity index is 1.99. The molecule has 0 amide bonds. The van der Waals surface area contributed by atoms with E-state index in [1.54, 1.807) is 5.57 Å². The molecule has 0 saturated carbocycles. The van der Waals surface area contributed by atoms with Crippen LogP contribution in [0.3, 0.4) is 0 Å². The molecule has 72 valence electrons. The van der Waals surface area contributed by atoms with Crippen LogP contribution in [-0.4, -0.2) is 13.1 Å². The minimum Gasteiger partial charge on any atom is -0.317 e. The molecule has 2 rings (SSSR count). The zero-order valence-electron chi connectivity index (χ0n) is 8.47. The van der Waals surface area contributed by atoms with E-state index in [-0.39, 0.29) is 0 Å². The number of hydrogen-bond donors (Lipinski definition) is 1. The van der Waals surface area contributed by atoms with E-state index in [1.165, 1.54) is 44.3 Å². The van der Waals surface area contributed by atoms with E-state index in [2.05, 4.69) is 24.4 Å². The van der Waals surface area contributed by atoms with Gasteiger partial charge in [-0.1, -0.05) is 23.3 Å². The van der Waals surface area contributed by atoms with Gasteiger partial charge in [0.15, 0.2) is 0 Å². The van der Waals surface area contributed by atoms with Crippen molar-refractivity contribution in [2.24, 2.45) is 5.92 Å². The molecule has 0 spiro atoms. The molecule has 1 aliphatic carbocycles. The molecular formula is C12H19N. The highest BCUT2D eigenvalue weighted by atomic mass is 14.9. The molecule has 0 unspecified atom stereocenters. The standard InChI is InChI=1S/C12H19N/c1-10-2-4-11(5-3-10)12-6-8-13-9-7-12/h2,4,12-13H,3,5-9H2,1H3. The van der Waals surface area contributed by atoms with E-state index in [0.29, 0.717) is 0 Å². The van der Waals surface area contributed by atoms with Crippen molar-refractivity contribution < 1.29 is 0 Å². The third-order valence-electron chi connectivity index (χ3n) is 3.25. The van der Waals surface area contributed by atoms with Gasteiger partial charge in [0, 0.05) is 0 Å². The van der Waals surface area contributed by atoms with Crippen LogP contribution in [0.1, 0.15) is 32.6 Å². The molecule has 2 aliphatic rings. The van der Waals surface area contributed by atoms with Gasteiger partial charge in [-0.2, -0.15) is 0 Å². The fourth-order valence-corrected chi connectivity index (χ4v) is 2.29. The molecule has 0 radical (unpaired) electrons. The van der Waals surface area contributed by atoms with Gasteiger partial charge in [-0.3, -0.25) is 0 Å². The van der Waals surface area contributed by atoms with Crippen molar-refractivity contribution in [1.82, 2.24) is 5.32 Å². The molecule has 13 heavy (non-hydrogen) atoms.